The molecule has 7 rings (SSSR count). The molecule has 7 aromatic rings. The van der Waals surface area contributed by atoms with E-state index in [4.69, 9.17) is 9.84 Å². The van der Waals surface area contributed by atoms with Gasteiger partial charge in [-0.05, 0) is 73.5 Å². The van der Waals surface area contributed by atoms with Gasteiger partial charge in [-0.2, -0.15) is 17.2 Å². The molecule has 3 heterocycles. The van der Waals surface area contributed by atoms with Gasteiger partial charge in [0.25, 0.3) is 0 Å². The van der Waals surface area contributed by atoms with Gasteiger partial charge in [-0.25, -0.2) is 9.37 Å². The van der Waals surface area contributed by atoms with E-state index in [1.165, 1.54) is 46.1 Å². The van der Waals surface area contributed by atoms with Gasteiger partial charge in [0.15, 0.2) is 0 Å². The van der Waals surface area contributed by atoms with E-state index in [0.29, 0.717) is 17.3 Å². The quantitative estimate of drug-likeness (QED) is 0.123. The zero-order valence-corrected chi connectivity index (χ0v) is 27.9. The molecule has 232 valence electrons. The van der Waals surface area contributed by atoms with Crippen molar-refractivity contribution in [3.05, 3.63) is 131 Å². The molecule has 0 amide bonds. The molecule has 0 bridgehead atoms. The number of hydrogen-bond donors (Lipinski definition) is 0. The molecular weight excluding hydrogens is 666 g/mol. The van der Waals surface area contributed by atoms with Gasteiger partial charge in [-0.1, -0.05) is 55.3 Å². The smallest absolute Gasteiger partial charge is 0.509 e. The molecule has 5 nitrogen and oxygen atoms in total. The van der Waals surface area contributed by atoms with Gasteiger partial charge in [0.05, 0.1) is 5.69 Å². The first kappa shape index (κ1) is 31.4. The van der Waals surface area contributed by atoms with Crippen LogP contribution in [0.25, 0.3) is 44.4 Å². The number of fused-ring (bicyclic) bond motifs is 3. The van der Waals surface area contributed by atoms with Crippen molar-refractivity contribution in [1.29, 1.82) is 0 Å². The molecule has 0 fully saturated rings. The largest absolute Gasteiger partial charge is 2.00 e. The number of ether oxygens (including phenoxy) is 1. The van der Waals surface area contributed by atoms with Crippen molar-refractivity contribution in [3.63, 3.8) is 0 Å². The van der Waals surface area contributed by atoms with Crippen LogP contribution in [0.1, 0.15) is 41.9 Å². The van der Waals surface area contributed by atoms with Crippen LogP contribution in [0.3, 0.4) is 0 Å². The fourth-order valence-corrected chi connectivity index (χ4v) is 6.57. The maximum Gasteiger partial charge on any atom is 2.00 e. The normalized spacial score (nSPS) is 11.3. The van der Waals surface area contributed by atoms with Crippen LogP contribution in [-0.4, -0.2) is 19.3 Å². The van der Waals surface area contributed by atoms with Crippen molar-refractivity contribution in [2.45, 2.75) is 47.5 Å². The molecule has 46 heavy (non-hydrogen) atoms. The van der Waals surface area contributed by atoms with Crippen LogP contribution < -0.4 is 4.74 Å². The molecule has 0 aliphatic carbocycles. The maximum atomic E-state index is 14.3. The molecule has 4 aromatic carbocycles. The summed E-state index contributed by atoms with van der Waals surface area (Å²) >= 11 is 0. The minimum atomic E-state index is -0.350. The summed E-state index contributed by atoms with van der Waals surface area (Å²) in [5.41, 5.74) is 11.0. The van der Waals surface area contributed by atoms with E-state index in [2.05, 4.69) is 63.9 Å². The topological polar surface area (TPSA) is 44.9 Å². The second-order valence-electron chi connectivity index (χ2n) is 11.4. The first-order valence-electron chi connectivity index (χ1n) is 15.3. The van der Waals surface area contributed by atoms with Gasteiger partial charge < -0.3 is 9.30 Å². The number of aromatic nitrogens is 4. The predicted molar refractivity (Wildman–Crippen MR) is 178 cm³/mol. The molecule has 0 unspecified atom stereocenters. The molecule has 0 saturated carbocycles. The third-order valence-electron chi connectivity index (χ3n) is 8.34. The number of para-hydroxylation sites is 1. The molecule has 0 aliphatic rings. The zero-order valence-electron chi connectivity index (χ0n) is 26.4. The van der Waals surface area contributed by atoms with Crippen LogP contribution in [0.15, 0.2) is 85.1 Å². The Labute approximate surface area is 282 Å². The summed E-state index contributed by atoms with van der Waals surface area (Å²) in [7, 11) is 0. The monoisotopic (exact) mass is 698 g/mol. The third-order valence-corrected chi connectivity index (χ3v) is 8.34. The molecular formula is C39H33FN4OPd. The first-order valence-corrected chi connectivity index (χ1v) is 15.3. The van der Waals surface area contributed by atoms with Gasteiger partial charge in [0, 0.05) is 40.5 Å². The Hall–Kier alpha value is -4.57. The summed E-state index contributed by atoms with van der Waals surface area (Å²) in [5, 5.41) is 7.11. The molecule has 0 spiro atoms. The van der Waals surface area contributed by atoms with E-state index in [1.807, 2.05) is 63.8 Å². The number of pyridine rings is 1. The summed E-state index contributed by atoms with van der Waals surface area (Å²) in [6, 6.07) is 31.9. The molecule has 3 aromatic heterocycles. The Kier molecular flexibility index (Phi) is 8.66. The van der Waals surface area contributed by atoms with Crippen molar-refractivity contribution >= 4 is 21.8 Å². The summed E-state index contributed by atoms with van der Waals surface area (Å²) in [5.74, 6) is 1.20. The Morgan fingerprint density at radius 3 is 2.28 bits per heavy atom. The van der Waals surface area contributed by atoms with Crippen molar-refractivity contribution in [3.8, 4) is 34.1 Å². The fraction of sp³-hybridized carbons (Fsp3) is 0.179. The van der Waals surface area contributed by atoms with Crippen LogP contribution in [0.2, 0.25) is 0 Å². The average Bonchev–Trinajstić information content (AvgIpc) is 3.56. The van der Waals surface area contributed by atoms with Crippen molar-refractivity contribution in [2.24, 2.45) is 0 Å². The van der Waals surface area contributed by atoms with Crippen molar-refractivity contribution in [1.82, 2.24) is 19.3 Å². The van der Waals surface area contributed by atoms with Gasteiger partial charge >= 0.3 is 20.4 Å². The number of benzene rings is 4. The predicted octanol–water partition coefficient (Wildman–Crippen LogP) is 9.61. The Bertz CT molecular complexity index is 2210. The van der Waals surface area contributed by atoms with E-state index >= 15 is 0 Å². The number of halogens is 1. The maximum absolute atomic E-state index is 14.3. The molecule has 0 atom stereocenters. The summed E-state index contributed by atoms with van der Waals surface area (Å²) in [4.78, 5) is 4.46. The van der Waals surface area contributed by atoms with Crippen molar-refractivity contribution < 1.29 is 29.6 Å². The molecule has 7 heteroatoms. The van der Waals surface area contributed by atoms with Gasteiger partial charge in [-0.15, -0.1) is 35.7 Å². The van der Waals surface area contributed by atoms with Crippen LogP contribution in [0.5, 0.6) is 11.5 Å². The molecule has 0 radical (unpaired) electrons. The Balaban J connectivity index is 0.00000372. The first-order chi connectivity index (χ1) is 21.9. The molecule has 0 aliphatic heterocycles. The van der Waals surface area contributed by atoms with Gasteiger partial charge in [0.1, 0.15) is 11.6 Å². The standard InChI is InChI=1S/C39H33FN4O.Pd/c1-6-33-39(38-25(4)19-24(3)20-26(38)5)34(7-2)44(42-33)28-11-10-12-29(22-28)45-30-15-16-32-31-13-8-9-14-35(31)43(36(32)23-30)37-21-27(40)17-18-41-37;/h8-21H,6-7H2,1-5H3;/q-2;+2. The second-order valence-corrected chi connectivity index (χ2v) is 11.4. The fourth-order valence-electron chi connectivity index (χ4n) is 6.57. The SMILES string of the molecule is CCc1nn(-c2[c-]c(Oc3[c-]c4c(cc3)c3ccccc3n4-c3cc(F)ccn3)ccc2)c(CC)c1-c1c(C)cc(C)cc1C.[Pd+2]. The zero-order chi connectivity index (χ0) is 31.2. The number of hydrogen-bond acceptors (Lipinski definition) is 3. The summed E-state index contributed by atoms with van der Waals surface area (Å²) in [6.45, 7) is 10.8. The van der Waals surface area contributed by atoms with Gasteiger partial charge in [-0.3, -0.25) is 4.68 Å². The molecule has 0 saturated heterocycles. The van der Waals surface area contributed by atoms with Crippen LogP contribution >= 0.6 is 0 Å². The second kappa shape index (κ2) is 12.7. The van der Waals surface area contributed by atoms with E-state index in [0.717, 1.165) is 51.7 Å². The number of nitrogens with zero attached hydrogens (tertiary/aromatic N) is 4. The van der Waals surface area contributed by atoms with Crippen LogP contribution in [0, 0.1) is 38.7 Å². The van der Waals surface area contributed by atoms with Crippen LogP contribution in [-0.2, 0) is 33.3 Å². The minimum absolute atomic E-state index is 0. The van der Waals surface area contributed by atoms with E-state index < -0.39 is 0 Å². The Morgan fingerprint density at radius 1 is 0.783 bits per heavy atom. The number of rotatable bonds is 7. The Morgan fingerprint density at radius 2 is 1.54 bits per heavy atom. The van der Waals surface area contributed by atoms with E-state index in [-0.39, 0.29) is 26.2 Å². The summed E-state index contributed by atoms with van der Waals surface area (Å²) < 4.78 is 24.6. The van der Waals surface area contributed by atoms with Crippen molar-refractivity contribution in [2.75, 3.05) is 0 Å². The third kappa shape index (κ3) is 5.44. The van der Waals surface area contributed by atoms with E-state index in [1.54, 1.807) is 0 Å². The van der Waals surface area contributed by atoms with Crippen LogP contribution in [0.4, 0.5) is 4.39 Å². The summed E-state index contributed by atoms with van der Waals surface area (Å²) in [6.07, 6.45) is 3.11. The minimum Gasteiger partial charge on any atom is -0.509 e. The molecule has 0 N–H and O–H groups in total. The van der Waals surface area contributed by atoms with Gasteiger partial charge in [0.2, 0.25) is 0 Å². The number of aryl methyl sites for hydroxylation is 4. The average molecular weight is 699 g/mol. The van der Waals surface area contributed by atoms with E-state index in [9.17, 15) is 4.39 Å².